The van der Waals surface area contributed by atoms with Gasteiger partial charge in [-0.15, -0.1) is 11.8 Å². The Morgan fingerprint density at radius 1 is 1.08 bits per heavy atom. The molecule has 1 N–H and O–H groups in total. The molecule has 2 aromatic carbocycles. The molecule has 2 amide bonds. The van der Waals surface area contributed by atoms with E-state index in [9.17, 15) is 9.59 Å². The standard InChI is InChI=1S/C21H26N2O2S/c1-5-23(19-9-7-6-8-16(19)3)21(25)17(4)26-14-20(24)22-18-12-10-15(2)11-13-18/h6-13,17H,5,14H2,1-4H3,(H,22,24). The molecule has 0 saturated carbocycles. The van der Waals surface area contributed by atoms with Gasteiger partial charge in [-0.3, -0.25) is 9.59 Å². The SMILES string of the molecule is CCN(C(=O)C(C)SCC(=O)Nc1ccc(C)cc1)c1ccccc1C. The molecule has 2 aromatic rings. The zero-order chi connectivity index (χ0) is 19.1. The van der Waals surface area contributed by atoms with Gasteiger partial charge in [-0.1, -0.05) is 35.9 Å². The summed E-state index contributed by atoms with van der Waals surface area (Å²) in [5.41, 5.74) is 3.91. The van der Waals surface area contributed by atoms with Crippen molar-refractivity contribution in [2.24, 2.45) is 0 Å². The molecule has 1 atom stereocenters. The molecule has 2 rings (SSSR count). The fourth-order valence-electron chi connectivity index (χ4n) is 2.64. The quantitative estimate of drug-likeness (QED) is 0.785. The second-order valence-electron chi connectivity index (χ2n) is 6.24. The lowest BCUT2D eigenvalue weighted by atomic mass is 10.1. The maximum absolute atomic E-state index is 12.8. The third-order valence-corrected chi connectivity index (χ3v) is 5.27. The smallest absolute Gasteiger partial charge is 0.239 e. The van der Waals surface area contributed by atoms with Crippen molar-refractivity contribution in [2.75, 3.05) is 22.5 Å². The van der Waals surface area contributed by atoms with E-state index in [1.54, 1.807) is 4.90 Å². The van der Waals surface area contributed by atoms with Gasteiger partial charge in [0.05, 0.1) is 11.0 Å². The topological polar surface area (TPSA) is 49.4 Å². The van der Waals surface area contributed by atoms with E-state index in [0.29, 0.717) is 6.54 Å². The van der Waals surface area contributed by atoms with E-state index in [2.05, 4.69) is 5.32 Å². The first-order valence-electron chi connectivity index (χ1n) is 8.77. The van der Waals surface area contributed by atoms with Crippen molar-refractivity contribution in [3.63, 3.8) is 0 Å². The van der Waals surface area contributed by atoms with Crippen molar-refractivity contribution in [1.29, 1.82) is 0 Å². The number of amides is 2. The maximum atomic E-state index is 12.8. The summed E-state index contributed by atoms with van der Waals surface area (Å²) in [6.45, 7) is 8.42. The van der Waals surface area contributed by atoms with Gasteiger partial charge in [0.25, 0.3) is 0 Å². The molecule has 0 aliphatic carbocycles. The number of thioether (sulfide) groups is 1. The van der Waals surface area contributed by atoms with Crippen LogP contribution in [-0.2, 0) is 9.59 Å². The third kappa shape index (κ3) is 5.36. The van der Waals surface area contributed by atoms with Crippen LogP contribution in [0.3, 0.4) is 0 Å². The van der Waals surface area contributed by atoms with Gasteiger partial charge in [0.1, 0.15) is 0 Å². The number of rotatable bonds is 7. The molecule has 0 aliphatic rings. The summed E-state index contributed by atoms with van der Waals surface area (Å²) in [7, 11) is 0. The van der Waals surface area contributed by atoms with Gasteiger partial charge in [-0.2, -0.15) is 0 Å². The highest BCUT2D eigenvalue weighted by atomic mass is 32.2. The van der Waals surface area contributed by atoms with Crippen LogP contribution in [0.1, 0.15) is 25.0 Å². The van der Waals surface area contributed by atoms with Crippen molar-refractivity contribution >= 4 is 35.0 Å². The first-order chi connectivity index (χ1) is 12.4. The van der Waals surface area contributed by atoms with Crippen LogP contribution in [0.25, 0.3) is 0 Å². The van der Waals surface area contributed by atoms with Gasteiger partial charge in [0, 0.05) is 17.9 Å². The van der Waals surface area contributed by atoms with Crippen LogP contribution in [0.2, 0.25) is 0 Å². The van der Waals surface area contributed by atoms with E-state index in [1.165, 1.54) is 11.8 Å². The summed E-state index contributed by atoms with van der Waals surface area (Å²) in [5, 5.41) is 2.57. The van der Waals surface area contributed by atoms with Gasteiger partial charge < -0.3 is 10.2 Å². The minimum Gasteiger partial charge on any atom is -0.325 e. The van der Waals surface area contributed by atoms with Crippen molar-refractivity contribution in [3.05, 3.63) is 59.7 Å². The monoisotopic (exact) mass is 370 g/mol. The molecule has 0 aliphatic heterocycles. The molecule has 0 radical (unpaired) electrons. The molecule has 0 aromatic heterocycles. The average Bonchev–Trinajstić information content (AvgIpc) is 2.63. The number of para-hydroxylation sites is 1. The molecule has 1 unspecified atom stereocenters. The molecule has 0 saturated heterocycles. The van der Waals surface area contributed by atoms with Gasteiger partial charge in [-0.05, 0) is 51.5 Å². The normalized spacial score (nSPS) is 11.7. The Morgan fingerprint density at radius 3 is 2.35 bits per heavy atom. The van der Waals surface area contributed by atoms with Crippen molar-refractivity contribution in [3.8, 4) is 0 Å². The minimum atomic E-state index is -0.293. The van der Waals surface area contributed by atoms with E-state index in [-0.39, 0.29) is 22.8 Å². The highest BCUT2D eigenvalue weighted by Gasteiger charge is 2.22. The molecular weight excluding hydrogens is 344 g/mol. The van der Waals surface area contributed by atoms with Crippen LogP contribution in [-0.4, -0.2) is 29.4 Å². The van der Waals surface area contributed by atoms with Gasteiger partial charge in [0.15, 0.2) is 0 Å². The maximum Gasteiger partial charge on any atom is 0.239 e. The summed E-state index contributed by atoms with van der Waals surface area (Å²) in [6, 6.07) is 15.5. The number of benzene rings is 2. The highest BCUT2D eigenvalue weighted by molar-refractivity contribution is 8.01. The van der Waals surface area contributed by atoms with Gasteiger partial charge in [-0.25, -0.2) is 0 Å². The van der Waals surface area contributed by atoms with Gasteiger partial charge in [0.2, 0.25) is 11.8 Å². The Kier molecular flexibility index (Phi) is 7.27. The molecule has 0 spiro atoms. The molecule has 4 nitrogen and oxygen atoms in total. The van der Waals surface area contributed by atoms with Crippen LogP contribution in [0, 0.1) is 13.8 Å². The summed E-state index contributed by atoms with van der Waals surface area (Å²) < 4.78 is 0. The van der Waals surface area contributed by atoms with Crippen LogP contribution in [0.5, 0.6) is 0 Å². The average molecular weight is 371 g/mol. The Bertz CT molecular complexity index is 759. The number of nitrogens with one attached hydrogen (secondary N) is 1. The number of nitrogens with zero attached hydrogens (tertiary/aromatic N) is 1. The number of hydrogen-bond donors (Lipinski definition) is 1. The zero-order valence-corrected chi connectivity index (χ0v) is 16.6. The first-order valence-corrected chi connectivity index (χ1v) is 9.82. The van der Waals surface area contributed by atoms with Crippen molar-refractivity contribution in [2.45, 2.75) is 32.9 Å². The fourth-order valence-corrected chi connectivity index (χ4v) is 3.38. The van der Waals surface area contributed by atoms with Crippen LogP contribution < -0.4 is 10.2 Å². The van der Waals surface area contributed by atoms with E-state index < -0.39 is 0 Å². The Morgan fingerprint density at radius 2 is 1.73 bits per heavy atom. The second kappa shape index (κ2) is 9.43. The first kappa shape index (κ1) is 20.0. The minimum absolute atomic E-state index is 0.0231. The number of anilines is 2. The predicted octanol–water partition coefficient (Wildman–Crippen LogP) is 4.42. The zero-order valence-electron chi connectivity index (χ0n) is 15.8. The Labute approximate surface area is 160 Å². The van der Waals surface area contributed by atoms with Crippen LogP contribution in [0.15, 0.2) is 48.5 Å². The summed E-state index contributed by atoms with van der Waals surface area (Å²) >= 11 is 1.36. The fraction of sp³-hybridized carbons (Fsp3) is 0.333. The lowest BCUT2D eigenvalue weighted by molar-refractivity contribution is -0.117. The highest BCUT2D eigenvalue weighted by Crippen LogP contribution is 2.23. The molecule has 0 fully saturated rings. The van der Waals surface area contributed by atoms with Gasteiger partial charge >= 0.3 is 0 Å². The Hall–Kier alpha value is -2.27. The Balaban J connectivity index is 1.92. The predicted molar refractivity (Wildman–Crippen MR) is 111 cm³/mol. The number of carbonyl (C=O) groups excluding carboxylic acids is 2. The van der Waals surface area contributed by atoms with Crippen molar-refractivity contribution < 1.29 is 9.59 Å². The number of aryl methyl sites for hydroxylation is 2. The molecule has 0 heterocycles. The summed E-state index contributed by atoms with van der Waals surface area (Å²) in [5.74, 6) is 0.166. The van der Waals surface area contributed by atoms with E-state index >= 15 is 0 Å². The number of hydrogen-bond acceptors (Lipinski definition) is 3. The summed E-state index contributed by atoms with van der Waals surface area (Å²) in [4.78, 5) is 26.7. The molecule has 138 valence electrons. The lowest BCUT2D eigenvalue weighted by Crippen LogP contribution is -2.37. The summed E-state index contributed by atoms with van der Waals surface area (Å²) in [6.07, 6.45) is 0. The lowest BCUT2D eigenvalue weighted by Gasteiger charge is -2.25. The number of carbonyl (C=O) groups is 2. The van der Waals surface area contributed by atoms with Crippen LogP contribution >= 0.6 is 11.8 Å². The third-order valence-electron chi connectivity index (χ3n) is 4.14. The van der Waals surface area contributed by atoms with E-state index in [0.717, 1.165) is 22.5 Å². The molecule has 5 heteroatoms. The molecule has 0 bridgehead atoms. The largest absolute Gasteiger partial charge is 0.325 e. The van der Waals surface area contributed by atoms with Crippen LogP contribution in [0.4, 0.5) is 11.4 Å². The molecule has 26 heavy (non-hydrogen) atoms. The van der Waals surface area contributed by atoms with Crippen molar-refractivity contribution in [1.82, 2.24) is 0 Å². The molecular formula is C21H26N2O2S. The van der Waals surface area contributed by atoms with E-state index in [4.69, 9.17) is 0 Å². The second-order valence-corrected chi connectivity index (χ2v) is 7.57. The van der Waals surface area contributed by atoms with E-state index in [1.807, 2.05) is 76.2 Å².